The highest BCUT2D eigenvalue weighted by molar-refractivity contribution is 9.10. The first-order valence-corrected chi connectivity index (χ1v) is 7.28. The molecule has 1 heterocycles. The van der Waals surface area contributed by atoms with Gasteiger partial charge in [-0.15, -0.1) is 0 Å². The Morgan fingerprint density at radius 1 is 1.62 bits per heavy atom. The van der Waals surface area contributed by atoms with E-state index in [9.17, 15) is 9.00 Å². The molecule has 0 aliphatic carbocycles. The van der Waals surface area contributed by atoms with E-state index in [-0.39, 0.29) is 16.9 Å². The van der Waals surface area contributed by atoms with E-state index in [0.29, 0.717) is 17.6 Å². The van der Waals surface area contributed by atoms with E-state index in [4.69, 9.17) is 4.42 Å². The highest BCUT2D eigenvalue weighted by Crippen LogP contribution is 2.13. The third-order valence-corrected chi connectivity index (χ3v) is 4.00. The second-order valence-corrected chi connectivity index (χ2v) is 6.04. The summed E-state index contributed by atoms with van der Waals surface area (Å²) < 4.78 is 16.7. The van der Waals surface area contributed by atoms with Gasteiger partial charge in [0.2, 0.25) is 0 Å². The topological polar surface area (TPSA) is 59.3 Å². The molecule has 0 aliphatic heterocycles. The van der Waals surface area contributed by atoms with Crippen LogP contribution in [0.25, 0.3) is 0 Å². The molecule has 6 heteroatoms. The number of hydrogen-bond acceptors (Lipinski definition) is 3. The lowest BCUT2D eigenvalue weighted by Gasteiger charge is -2.08. The second kappa shape index (κ2) is 6.20. The number of carbonyl (C=O) groups is 1. The van der Waals surface area contributed by atoms with E-state index in [1.807, 2.05) is 6.92 Å². The molecule has 1 aromatic heterocycles. The van der Waals surface area contributed by atoms with Crippen molar-refractivity contribution in [3.05, 3.63) is 22.6 Å². The second-order valence-electron chi connectivity index (χ2n) is 3.46. The van der Waals surface area contributed by atoms with Crippen LogP contribution in [0.1, 0.15) is 23.9 Å². The molecule has 1 N–H and O–H groups in total. The molecule has 4 nitrogen and oxygen atoms in total. The van der Waals surface area contributed by atoms with Gasteiger partial charge in [0.25, 0.3) is 5.91 Å². The van der Waals surface area contributed by atoms with Gasteiger partial charge in [-0.2, -0.15) is 0 Å². The number of amides is 1. The summed E-state index contributed by atoms with van der Waals surface area (Å²) >= 11 is 3.12. The fraction of sp³-hybridized carbons (Fsp3) is 0.500. The van der Waals surface area contributed by atoms with Crippen LogP contribution in [-0.2, 0) is 10.8 Å². The first-order chi connectivity index (χ1) is 7.50. The number of hydrogen-bond donors (Lipinski definition) is 1. The summed E-state index contributed by atoms with van der Waals surface area (Å²) in [5.74, 6) is 0.0249. The van der Waals surface area contributed by atoms with E-state index in [0.717, 1.165) is 0 Å². The lowest BCUT2D eigenvalue weighted by Crippen LogP contribution is -2.27. The normalized spacial score (nSPS) is 14.4. The molecule has 0 aromatic carbocycles. The Hall–Kier alpha value is -0.620. The molecule has 0 fully saturated rings. The van der Waals surface area contributed by atoms with Crippen molar-refractivity contribution in [3.63, 3.8) is 0 Å². The van der Waals surface area contributed by atoms with E-state index in [2.05, 4.69) is 21.2 Å². The van der Waals surface area contributed by atoms with E-state index < -0.39 is 10.8 Å². The van der Waals surface area contributed by atoms with Crippen molar-refractivity contribution in [1.82, 2.24) is 5.32 Å². The highest BCUT2D eigenvalue weighted by atomic mass is 79.9. The largest absolute Gasteiger partial charge is 0.444 e. The van der Waals surface area contributed by atoms with E-state index >= 15 is 0 Å². The van der Waals surface area contributed by atoms with Crippen molar-refractivity contribution in [2.75, 3.05) is 12.8 Å². The van der Waals surface area contributed by atoms with Gasteiger partial charge in [0.05, 0.1) is 0 Å². The van der Waals surface area contributed by atoms with E-state index in [1.54, 1.807) is 18.4 Å². The Bertz CT molecular complexity index is 391. The number of carbonyl (C=O) groups excluding carboxylic acids is 1. The van der Waals surface area contributed by atoms with Crippen LogP contribution in [0.15, 0.2) is 21.2 Å². The summed E-state index contributed by atoms with van der Waals surface area (Å²) in [6, 6.07) is 3.26. The highest BCUT2D eigenvalue weighted by Gasteiger charge is 2.11. The standard InChI is InChI=1S/C10H14BrNO3S/c1-7(16(2)14)5-6-12-10(13)8-3-4-9(11)15-8/h3-4,7H,5-6H2,1-2H3,(H,12,13). The predicted octanol–water partition coefficient (Wildman–Crippen LogP) is 1.93. The Balaban J connectivity index is 2.34. The molecule has 0 saturated heterocycles. The summed E-state index contributed by atoms with van der Waals surface area (Å²) in [5.41, 5.74) is 0. The molecule has 0 aliphatic rings. The molecule has 16 heavy (non-hydrogen) atoms. The smallest absolute Gasteiger partial charge is 0.287 e. The maximum absolute atomic E-state index is 11.5. The molecular formula is C10H14BrNO3S. The van der Waals surface area contributed by atoms with Gasteiger partial charge in [-0.05, 0) is 34.5 Å². The predicted molar refractivity (Wildman–Crippen MR) is 66.9 cm³/mol. The van der Waals surface area contributed by atoms with Crippen molar-refractivity contribution in [1.29, 1.82) is 0 Å². The average Bonchev–Trinajstić information content (AvgIpc) is 2.64. The molecule has 1 rings (SSSR count). The minimum atomic E-state index is -0.848. The van der Waals surface area contributed by atoms with Gasteiger partial charge in [-0.25, -0.2) is 0 Å². The van der Waals surface area contributed by atoms with Gasteiger partial charge in [0.15, 0.2) is 10.4 Å². The van der Waals surface area contributed by atoms with Crippen molar-refractivity contribution >= 4 is 32.6 Å². The molecule has 90 valence electrons. The monoisotopic (exact) mass is 307 g/mol. The van der Waals surface area contributed by atoms with Crippen molar-refractivity contribution < 1.29 is 13.4 Å². The van der Waals surface area contributed by atoms with Crippen LogP contribution < -0.4 is 5.32 Å². The number of halogens is 1. The maximum atomic E-state index is 11.5. The number of rotatable bonds is 5. The molecular weight excluding hydrogens is 294 g/mol. The molecule has 0 spiro atoms. The molecule has 0 bridgehead atoms. The van der Waals surface area contributed by atoms with Crippen LogP contribution in [0.5, 0.6) is 0 Å². The zero-order chi connectivity index (χ0) is 12.1. The summed E-state index contributed by atoms with van der Waals surface area (Å²) in [4.78, 5) is 11.5. The van der Waals surface area contributed by atoms with E-state index in [1.165, 1.54) is 0 Å². The average molecular weight is 308 g/mol. The minimum absolute atomic E-state index is 0.0867. The molecule has 1 amide bonds. The minimum Gasteiger partial charge on any atom is -0.444 e. The fourth-order valence-corrected chi connectivity index (χ4v) is 1.83. The third kappa shape index (κ3) is 4.09. The van der Waals surface area contributed by atoms with Crippen molar-refractivity contribution in [2.45, 2.75) is 18.6 Å². The van der Waals surface area contributed by atoms with Crippen molar-refractivity contribution in [2.24, 2.45) is 0 Å². The van der Waals surface area contributed by atoms with Crippen LogP contribution in [0.4, 0.5) is 0 Å². The first kappa shape index (κ1) is 13.4. The summed E-state index contributed by atoms with van der Waals surface area (Å²) in [6.07, 6.45) is 2.35. The zero-order valence-corrected chi connectivity index (χ0v) is 11.6. The quantitative estimate of drug-likeness (QED) is 0.904. The first-order valence-electron chi connectivity index (χ1n) is 4.86. The molecule has 2 atom stereocenters. The Labute approximate surface area is 105 Å². The Morgan fingerprint density at radius 3 is 2.81 bits per heavy atom. The number of furan rings is 1. The van der Waals surface area contributed by atoms with Gasteiger partial charge < -0.3 is 9.73 Å². The van der Waals surface area contributed by atoms with Crippen LogP contribution >= 0.6 is 15.9 Å². The zero-order valence-electron chi connectivity index (χ0n) is 9.16. The lowest BCUT2D eigenvalue weighted by atomic mass is 10.3. The van der Waals surface area contributed by atoms with Gasteiger partial charge in [-0.3, -0.25) is 9.00 Å². The molecule has 2 unspecified atom stereocenters. The maximum Gasteiger partial charge on any atom is 0.287 e. The molecule has 0 radical (unpaired) electrons. The third-order valence-electron chi connectivity index (χ3n) is 2.20. The Morgan fingerprint density at radius 2 is 2.31 bits per heavy atom. The summed E-state index contributed by atoms with van der Waals surface area (Å²) in [5, 5.41) is 2.80. The van der Waals surface area contributed by atoms with Gasteiger partial charge >= 0.3 is 0 Å². The Kier molecular flexibility index (Phi) is 5.21. The van der Waals surface area contributed by atoms with Crippen LogP contribution in [-0.4, -0.2) is 28.2 Å². The number of nitrogens with one attached hydrogen (secondary N) is 1. The molecule has 1 aromatic rings. The van der Waals surface area contributed by atoms with Crippen molar-refractivity contribution in [3.8, 4) is 0 Å². The lowest BCUT2D eigenvalue weighted by molar-refractivity contribution is 0.0924. The van der Waals surface area contributed by atoms with Gasteiger partial charge in [0.1, 0.15) is 0 Å². The molecule has 0 saturated carbocycles. The fourth-order valence-electron chi connectivity index (χ4n) is 1.08. The van der Waals surface area contributed by atoms with Gasteiger partial charge in [0, 0.05) is 28.9 Å². The van der Waals surface area contributed by atoms with Gasteiger partial charge in [-0.1, -0.05) is 6.92 Å². The van der Waals surface area contributed by atoms with Crippen LogP contribution in [0.3, 0.4) is 0 Å². The summed E-state index contributed by atoms with van der Waals surface area (Å²) in [7, 11) is -0.848. The van der Waals surface area contributed by atoms with Crippen LogP contribution in [0.2, 0.25) is 0 Å². The van der Waals surface area contributed by atoms with Crippen LogP contribution in [0, 0.1) is 0 Å². The summed E-state index contributed by atoms with van der Waals surface area (Å²) in [6.45, 7) is 2.39. The SMILES string of the molecule is CC(CCNC(=O)c1ccc(Br)o1)S(C)=O.